The number of amides is 1. The SMILES string of the molecule is CCC(C)NC(=O)c1cnc(C)s1. The van der Waals surface area contributed by atoms with Gasteiger partial charge in [0, 0.05) is 6.04 Å². The Labute approximate surface area is 82.2 Å². The van der Waals surface area contributed by atoms with E-state index in [2.05, 4.69) is 10.3 Å². The lowest BCUT2D eigenvalue weighted by molar-refractivity contribution is 0.0943. The van der Waals surface area contributed by atoms with Crippen LogP contribution in [0.5, 0.6) is 0 Å². The average molecular weight is 198 g/mol. The van der Waals surface area contributed by atoms with Gasteiger partial charge in [0.15, 0.2) is 0 Å². The molecule has 1 atom stereocenters. The van der Waals surface area contributed by atoms with Gasteiger partial charge in [-0.3, -0.25) is 4.79 Å². The zero-order chi connectivity index (χ0) is 9.84. The minimum absolute atomic E-state index is 0.0139. The molecule has 1 unspecified atom stereocenters. The molecule has 0 aliphatic heterocycles. The Morgan fingerprint density at radius 2 is 2.46 bits per heavy atom. The number of hydrogen-bond donors (Lipinski definition) is 1. The molecule has 0 saturated heterocycles. The van der Waals surface area contributed by atoms with E-state index in [-0.39, 0.29) is 11.9 Å². The molecule has 1 rings (SSSR count). The van der Waals surface area contributed by atoms with Crippen LogP contribution in [0.15, 0.2) is 6.20 Å². The molecule has 13 heavy (non-hydrogen) atoms. The number of aromatic nitrogens is 1. The van der Waals surface area contributed by atoms with E-state index in [1.54, 1.807) is 6.20 Å². The fraction of sp³-hybridized carbons (Fsp3) is 0.556. The summed E-state index contributed by atoms with van der Waals surface area (Å²) >= 11 is 1.43. The third-order valence-corrected chi connectivity index (χ3v) is 2.75. The maximum absolute atomic E-state index is 11.5. The number of carbonyl (C=O) groups excluding carboxylic acids is 1. The highest BCUT2D eigenvalue weighted by Crippen LogP contribution is 2.11. The molecule has 72 valence electrons. The minimum Gasteiger partial charge on any atom is -0.349 e. The molecule has 0 aromatic carbocycles. The van der Waals surface area contributed by atoms with Crippen molar-refractivity contribution in [3.8, 4) is 0 Å². The summed E-state index contributed by atoms with van der Waals surface area (Å²) in [6.45, 7) is 5.93. The first kappa shape index (κ1) is 10.2. The van der Waals surface area contributed by atoms with E-state index in [0.29, 0.717) is 4.88 Å². The van der Waals surface area contributed by atoms with E-state index in [1.807, 2.05) is 20.8 Å². The van der Waals surface area contributed by atoms with Crippen LogP contribution in [0.2, 0.25) is 0 Å². The second-order valence-corrected chi connectivity index (χ2v) is 4.26. The Bertz CT molecular complexity index is 296. The molecule has 1 aromatic heterocycles. The summed E-state index contributed by atoms with van der Waals surface area (Å²) in [5, 5.41) is 3.82. The summed E-state index contributed by atoms with van der Waals surface area (Å²) in [5.74, 6) is -0.0139. The van der Waals surface area contributed by atoms with Crippen molar-refractivity contribution in [1.29, 1.82) is 0 Å². The van der Waals surface area contributed by atoms with Crippen molar-refractivity contribution in [2.24, 2.45) is 0 Å². The molecule has 0 fully saturated rings. The summed E-state index contributed by atoms with van der Waals surface area (Å²) in [7, 11) is 0. The van der Waals surface area contributed by atoms with Gasteiger partial charge in [0.25, 0.3) is 5.91 Å². The topological polar surface area (TPSA) is 42.0 Å². The zero-order valence-corrected chi connectivity index (χ0v) is 8.94. The Kier molecular flexibility index (Phi) is 3.42. The summed E-state index contributed by atoms with van der Waals surface area (Å²) in [4.78, 5) is 16.2. The molecular formula is C9H14N2OS. The number of thiazole rings is 1. The molecule has 1 amide bonds. The van der Waals surface area contributed by atoms with Crippen LogP contribution in [0.3, 0.4) is 0 Å². The summed E-state index contributed by atoms with van der Waals surface area (Å²) in [5.41, 5.74) is 0. The molecule has 0 radical (unpaired) electrons. The summed E-state index contributed by atoms with van der Waals surface area (Å²) < 4.78 is 0. The van der Waals surface area contributed by atoms with Gasteiger partial charge in [-0.2, -0.15) is 0 Å². The molecule has 0 aliphatic carbocycles. The van der Waals surface area contributed by atoms with Gasteiger partial charge >= 0.3 is 0 Å². The molecule has 1 aromatic rings. The smallest absolute Gasteiger partial charge is 0.263 e. The van der Waals surface area contributed by atoms with E-state index in [9.17, 15) is 4.79 Å². The van der Waals surface area contributed by atoms with Gasteiger partial charge in [-0.15, -0.1) is 11.3 Å². The lowest BCUT2D eigenvalue weighted by Crippen LogP contribution is -2.31. The quantitative estimate of drug-likeness (QED) is 0.807. The fourth-order valence-electron chi connectivity index (χ4n) is 0.863. The minimum atomic E-state index is -0.0139. The van der Waals surface area contributed by atoms with Crippen molar-refractivity contribution in [3.63, 3.8) is 0 Å². The van der Waals surface area contributed by atoms with Crippen LogP contribution < -0.4 is 5.32 Å². The Morgan fingerprint density at radius 3 is 2.92 bits per heavy atom. The Hall–Kier alpha value is -0.900. The van der Waals surface area contributed by atoms with Gasteiger partial charge in [-0.1, -0.05) is 6.92 Å². The van der Waals surface area contributed by atoms with Gasteiger partial charge in [-0.25, -0.2) is 4.98 Å². The maximum atomic E-state index is 11.5. The summed E-state index contributed by atoms with van der Waals surface area (Å²) in [6.07, 6.45) is 2.57. The van der Waals surface area contributed by atoms with Crippen molar-refractivity contribution in [1.82, 2.24) is 10.3 Å². The van der Waals surface area contributed by atoms with Crippen molar-refractivity contribution < 1.29 is 4.79 Å². The van der Waals surface area contributed by atoms with E-state index in [0.717, 1.165) is 11.4 Å². The normalized spacial score (nSPS) is 12.5. The average Bonchev–Trinajstić information content (AvgIpc) is 2.51. The van der Waals surface area contributed by atoms with Gasteiger partial charge in [0.2, 0.25) is 0 Å². The first-order valence-corrected chi connectivity index (χ1v) is 5.18. The Morgan fingerprint density at radius 1 is 1.77 bits per heavy atom. The molecule has 1 N–H and O–H groups in total. The van der Waals surface area contributed by atoms with Crippen LogP contribution in [-0.2, 0) is 0 Å². The van der Waals surface area contributed by atoms with Crippen LogP contribution >= 0.6 is 11.3 Å². The number of rotatable bonds is 3. The molecule has 1 heterocycles. The van der Waals surface area contributed by atoms with E-state index >= 15 is 0 Å². The number of nitrogens with zero attached hydrogens (tertiary/aromatic N) is 1. The van der Waals surface area contributed by atoms with Gasteiger partial charge in [0.1, 0.15) is 4.88 Å². The molecule has 4 heteroatoms. The van der Waals surface area contributed by atoms with Crippen LogP contribution in [0.4, 0.5) is 0 Å². The standard InChI is InChI=1S/C9H14N2OS/c1-4-6(2)11-9(12)8-5-10-7(3)13-8/h5-6H,4H2,1-3H3,(H,11,12). The van der Waals surface area contributed by atoms with E-state index in [1.165, 1.54) is 11.3 Å². The molecular weight excluding hydrogens is 184 g/mol. The monoisotopic (exact) mass is 198 g/mol. The number of hydrogen-bond acceptors (Lipinski definition) is 3. The number of carbonyl (C=O) groups is 1. The summed E-state index contributed by atoms with van der Waals surface area (Å²) in [6, 6.07) is 0.231. The van der Waals surface area contributed by atoms with E-state index in [4.69, 9.17) is 0 Å². The lowest BCUT2D eigenvalue weighted by Gasteiger charge is -2.09. The highest BCUT2D eigenvalue weighted by molar-refractivity contribution is 7.13. The van der Waals surface area contributed by atoms with Crippen LogP contribution in [0.1, 0.15) is 34.9 Å². The second-order valence-electron chi connectivity index (χ2n) is 3.03. The van der Waals surface area contributed by atoms with Crippen molar-refractivity contribution >= 4 is 17.2 Å². The first-order valence-electron chi connectivity index (χ1n) is 4.36. The largest absolute Gasteiger partial charge is 0.349 e. The predicted octanol–water partition coefficient (Wildman–Crippen LogP) is 1.98. The molecule has 0 saturated carbocycles. The predicted molar refractivity (Wildman–Crippen MR) is 54.1 cm³/mol. The van der Waals surface area contributed by atoms with Crippen molar-refractivity contribution in [3.05, 3.63) is 16.1 Å². The molecule has 0 spiro atoms. The highest BCUT2D eigenvalue weighted by Gasteiger charge is 2.10. The number of nitrogens with one attached hydrogen (secondary N) is 1. The first-order chi connectivity index (χ1) is 6.13. The van der Waals surface area contributed by atoms with Crippen LogP contribution in [0.25, 0.3) is 0 Å². The van der Waals surface area contributed by atoms with E-state index < -0.39 is 0 Å². The molecule has 0 aliphatic rings. The Balaban J connectivity index is 2.58. The van der Waals surface area contributed by atoms with Crippen LogP contribution in [0, 0.1) is 6.92 Å². The van der Waals surface area contributed by atoms with Gasteiger partial charge in [-0.05, 0) is 20.3 Å². The molecule has 0 bridgehead atoms. The fourth-order valence-corrected chi connectivity index (χ4v) is 1.54. The lowest BCUT2D eigenvalue weighted by atomic mass is 10.2. The second kappa shape index (κ2) is 4.37. The third-order valence-electron chi connectivity index (χ3n) is 1.83. The van der Waals surface area contributed by atoms with Crippen molar-refractivity contribution in [2.45, 2.75) is 33.2 Å². The van der Waals surface area contributed by atoms with Gasteiger partial charge < -0.3 is 5.32 Å². The van der Waals surface area contributed by atoms with Crippen LogP contribution in [-0.4, -0.2) is 16.9 Å². The van der Waals surface area contributed by atoms with Crippen molar-refractivity contribution in [2.75, 3.05) is 0 Å². The third kappa shape index (κ3) is 2.81. The molecule has 3 nitrogen and oxygen atoms in total. The van der Waals surface area contributed by atoms with Gasteiger partial charge in [0.05, 0.1) is 11.2 Å². The zero-order valence-electron chi connectivity index (χ0n) is 8.13. The number of aryl methyl sites for hydroxylation is 1. The highest BCUT2D eigenvalue weighted by atomic mass is 32.1. The maximum Gasteiger partial charge on any atom is 0.263 e.